The molecule has 1 heterocycles. The summed E-state index contributed by atoms with van der Waals surface area (Å²) in [4.78, 5) is 42.3. The maximum atomic E-state index is 12.4. The quantitative estimate of drug-likeness (QED) is 0.311. The van der Waals surface area contributed by atoms with Crippen LogP contribution in [0.1, 0.15) is 47.4 Å². The van der Waals surface area contributed by atoms with Gasteiger partial charge in [0, 0.05) is 6.54 Å². The average molecular weight is 379 g/mol. The molecular formula is C18H25N3O6. The van der Waals surface area contributed by atoms with Crippen molar-refractivity contribution >= 4 is 11.8 Å². The van der Waals surface area contributed by atoms with Crippen molar-refractivity contribution in [1.82, 2.24) is 9.80 Å². The molecule has 1 aliphatic rings. The van der Waals surface area contributed by atoms with Gasteiger partial charge in [0.2, 0.25) is 0 Å². The second-order valence-electron chi connectivity index (χ2n) is 6.16. The van der Waals surface area contributed by atoms with E-state index in [9.17, 15) is 19.7 Å². The van der Waals surface area contributed by atoms with Gasteiger partial charge in [0.05, 0.1) is 17.7 Å². The number of benzene rings is 1. The predicted molar refractivity (Wildman–Crippen MR) is 97.3 cm³/mol. The molecule has 0 N–H and O–H groups in total. The highest BCUT2D eigenvalue weighted by atomic mass is 16.9. The van der Waals surface area contributed by atoms with E-state index in [1.807, 2.05) is 0 Å². The number of imide groups is 1. The Morgan fingerprint density at radius 2 is 1.85 bits per heavy atom. The number of unbranched alkanes of at least 4 members (excludes halogenated alkanes) is 1. The summed E-state index contributed by atoms with van der Waals surface area (Å²) >= 11 is 0. The van der Waals surface area contributed by atoms with E-state index in [0.29, 0.717) is 12.4 Å². The zero-order valence-electron chi connectivity index (χ0n) is 15.7. The number of hydrogen-bond donors (Lipinski definition) is 0. The van der Waals surface area contributed by atoms with Gasteiger partial charge in [-0.05, 0) is 37.7 Å². The van der Waals surface area contributed by atoms with Crippen LogP contribution in [0.3, 0.4) is 0 Å². The third-order valence-corrected chi connectivity index (χ3v) is 4.41. The molecule has 0 aromatic heterocycles. The maximum absolute atomic E-state index is 12.4. The number of fused-ring (bicyclic) bond motifs is 1. The van der Waals surface area contributed by atoms with Gasteiger partial charge < -0.3 is 14.5 Å². The van der Waals surface area contributed by atoms with E-state index in [1.54, 1.807) is 18.2 Å². The fourth-order valence-electron chi connectivity index (χ4n) is 2.87. The fourth-order valence-corrected chi connectivity index (χ4v) is 2.87. The van der Waals surface area contributed by atoms with Gasteiger partial charge in [-0.15, -0.1) is 10.1 Å². The van der Waals surface area contributed by atoms with Crippen molar-refractivity contribution in [2.75, 3.05) is 39.4 Å². The van der Waals surface area contributed by atoms with Gasteiger partial charge in [-0.1, -0.05) is 20.3 Å². The number of carbonyl (C=O) groups is 2. The number of likely N-dealkylation sites (N-methyl/N-ethyl adjacent to an activating group) is 1. The fraction of sp³-hybridized carbons (Fsp3) is 0.556. The first kappa shape index (κ1) is 20.6. The molecule has 9 heteroatoms. The second-order valence-corrected chi connectivity index (χ2v) is 6.16. The standard InChI is InChI=1S/C18H25N3O6/c1-3-5-8-19(4-2)9-11-26-14-6-7-15-16(13-14)18(23)20(17(15)22)10-12-27-21(24)25/h6-7,13H,3-5,8-12H2,1-2H3. The van der Waals surface area contributed by atoms with E-state index in [-0.39, 0.29) is 24.3 Å². The van der Waals surface area contributed by atoms with E-state index in [1.165, 1.54) is 0 Å². The van der Waals surface area contributed by atoms with Crippen LogP contribution < -0.4 is 4.74 Å². The molecule has 0 aliphatic carbocycles. The van der Waals surface area contributed by atoms with E-state index in [0.717, 1.165) is 37.4 Å². The summed E-state index contributed by atoms with van der Waals surface area (Å²) in [5, 5.41) is 9.25. The van der Waals surface area contributed by atoms with Crippen LogP contribution in [0.25, 0.3) is 0 Å². The van der Waals surface area contributed by atoms with Crippen molar-refractivity contribution in [2.45, 2.75) is 26.7 Å². The van der Waals surface area contributed by atoms with Gasteiger partial charge in [-0.2, -0.15) is 0 Å². The molecule has 2 rings (SSSR count). The van der Waals surface area contributed by atoms with Crippen molar-refractivity contribution in [1.29, 1.82) is 0 Å². The first-order valence-electron chi connectivity index (χ1n) is 9.10. The molecule has 0 unspecified atom stereocenters. The Kier molecular flexibility index (Phi) is 7.54. The van der Waals surface area contributed by atoms with Crippen LogP contribution in [-0.4, -0.2) is 66.1 Å². The lowest BCUT2D eigenvalue weighted by atomic mass is 10.1. The van der Waals surface area contributed by atoms with Crippen LogP contribution in [0.15, 0.2) is 18.2 Å². The number of carbonyl (C=O) groups excluding carboxylic acids is 2. The maximum Gasteiger partial charge on any atom is 0.294 e. The SMILES string of the molecule is CCCCN(CC)CCOc1ccc2c(c1)C(=O)N(CCO[N+](=O)[O-])C2=O. The van der Waals surface area contributed by atoms with Crippen molar-refractivity contribution in [3.8, 4) is 5.75 Å². The van der Waals surface area contributed by atoms with Crippen LogP contribution >= 0.6 is 0 Å². The molecule has 2 amide bonds. The van der Waals surface area contributed by atoms with E-state index < -0.39 is 16.9 Å². The summed E-state index contributed by atoms with van der Waals surface area (Å²) in [5.74, 6) is -0.458. The molecule has 27 heavy (non-hydrogen) atoms. The Labute approximate surface area is 157 Å². The smallest absolute Gasteiger partial charge is 0.294 e. The number of nitrogens with zero attached hydrogens (tertiary/aromatic N) is 3. The minimum atomic E-state index is -0.954. The predicted octanol–water partition coefficient (Wildman–Crippen LogP) is 1.99. The van der Waals surface area contributed by atoms with E-state index in [4.69, 9.17) is 4.74 Å². The number of amides is 2. The van der Waals surface area contributed by atoms with Crippen LogP contribution in [0.2, 0.25) is 0 Å². The minimum absolute atomic E-state index is 0.174. The van der Waals surface area contributed by atoms with Gasteiger partial charge in [0.1, 0.15) is 19.0 Å². The molecule has 0 spiro atoms. The zero-order valence-corrected chi connectivity index (χ0v) is 15.7. The number of hydrogen-bond acceptors (Lipinski definition) is 7. The van der Waals surface area contributed by atoms with Gasteiger partial charge in [0.25, 0.3) is 16.9 Å². The van der Waals surface area contributed by atoms with Crippen LogP contribution in [0.5, 0.6) is 5.75 Å². The molecule has 1 aromatic carbocycles. The summed E-state index contributed by atoms with van der Waals surface area (Å²) in [6.45, 7) is 6.96. The number of ether oxygens (including phenoxy) is 1. The highest BCUT2D eigenvalue weighted by Gasteiger charge is 2.35. The first-order valence-corrected chi connectivity index (χ1v) is 9.10. The molecule has 0 radical (unpaired) electrons. The van der Waals surface area contributed by atoms with Crippen molar-refractivity contribution in [3.05, 3.63) is 39.4 Å². The minimum Gasteiger partial charge on any atom is -0.492 e. The molecule has 148 valence electrons. The van der Waals surface area contributed by atoms with Crippen molar-refractivity contribution < 1.29 is 24.3 Å². The third kappa shape index (κ3) is 5.40. The molecule has 1 aliphatic heterocycles. The molecular weight excluding hydrogens is 354 g/mol. The zero-order chi connectivity index (χ0) is 19.8. The lowest BCUT2D eigenvalue weighted by molar-refractivity contribution is -0.757. The Morgan fingerprint density at radius 1 is 1.11 bits per heavy atom. The Balaban J connectivity index is 1.93. The Morgan fingerprint density at radius 3 is 2.52 bits per heavy atom. The number of rotatable bonds is 12. The summed E-state index contributed by atoms with van der Waals surface area (Å²) in [7, 11) is 0. The molecule has 0 saturated heterocycles. The summed E-state index contributed by atoms with van der Waals surface area (Å²) in [6, 6.07) is 4.75. The van der Waals surface area contributed by atoms with Gasteiger partial charge in [-0.3, -0.25) is 14.5 Å². The highest BCUT2D eigenvalue weighted by molar-refractivity contribution is 6.21. The second kappa shape index (κ2) is 9.86. The van der Waals surface area contributed by atoms with Gasteiger partial charge in [-0.25, -0.2) is 0 Å². The molecule has 9 nitrogen and oxygen atoms in total. The normalized spacial score (nSPS) is 13.2. The molecule has 0 fully saturated rings. The van der Waals surface area contributed by atoms with Gasteiger partial charge in [0.15, 0.2) is 0 Å². The largest absolute Gasteiger partial charge is 0.492 e. The summed E-state index contributed by atoms with van der Waals surface area (Å²) in [6.07, 6.45) is 2.28. The average Bonchev–Trinajstić information content (AvgIpc) is 2.88. The first-order chi connectivity index (χ1) is 13.0. The molecule has 0 saturated carbocycles. The van der Waals surface area contributed by atoms with E-state index in [2.05, 4.69) is 23.6 Å². The van der Waals surface area contributed by atoms with Crippen molar-refractivity contribution in [3.63, 3.8) is 0 Å². The topological polar surface area (TPSA) is 102 Å². The van der Waals surface area contributed by atoms with E-state index >= 15 is 0 Å². The summed E-state index contributed by atoms with van der Waals surface area (Å²) < 4.78 is 5.74. The lowest BCUT2D eigenvalue weighted by Crippen LogP contribution is -2.33. The summed E-state index contributed by atoms with van der Waals surface area (Å²) in [5.41, 5.74) is 0.517. The highest BCUT2D eigenvalue weighted by Crippen LogP contribution is 2.26. The Hall–Kier alpha value is -2.68. The molecule has 1 aromatic rings. The molecule has 0 atom stereocenters. The third-order valence-electron chi connectivity index (χ3n) is 4.41. The molecule has 0 bridgehead atoms. The van der Waals surface area contributed by atoms with Crippen LogP contribution in [0.4, 0.5) is 0 Å². The Bertz CT molecular complexity index is 694. The van der Waals surface area contributed by atoms with Crippen LogP contribution in [0, 0.1) is 10.1 Å². The monoisotopic (exact) mass is 379 g/mol. The van der Waals surface area contributed by atoms with Crippen molar-refractivity contribution in [2.24, 2.45) is 0 Å². The lowest BCUT2D eigenvalue weighted by Gasteiger charge is -2.20. The van der Waals surface area contributed by atoms with Crippen LogP contribution in [-0.2, 0) is 4.84 Å². The van der Waals surface area contributed by atoms with Gasteiger partial charge >= 0.3 is 0 Å².